The summed E-state index contributed by atoms with van der Waals surface area (Å²) in [7, 11) is 0. The summed E-state index contributed by atoms with van der Waals surface area (Å²) in [6, 6.07) is 5.24. The van der Waals surface area contributed by atoms with Gasteiger partial charge in [-0.25, -0.2) is 4.79 Å². The monoisotopic (exact) mass is 264 g/mol. The van der Waals surface area contributed by atoms with E-state index in [1.165, 1.54) is 0 Å². The highest BCUT2D eigenvalue weighted by Crippen LogP contribution is 2.34. The van der Waals surface area contributed by atoms with E-state index in [1.807, 2.05) is 6.92 Å². The van der Waals surface area contributed by atoms with Gasteiger partial charge in [-0.15, -0.1) is 0 Å². The van der Waals surface area contributed by atoms with Gasteiger partial charge in [0.15, 0.2) is 11.5 Å². The number of hydrogen-bond donors (Lipinski definition) is 0. The molecule has 3 rings (SSSR count). The van der Waals surface area contributed by atoms with Crippen molar-refractivity contribution in [3.05, 3.63) is 23.8 Å². The van der Waals surface area contributed by atoms with Crippen LogP contribution in [0.1, 0.15) is 17.3 Å². The van der Waals surface area contributed by atoms with Crippen LogP contribution in [0.4, 0.5) is 0 Å². The summed E-state index contributed by atoms with van der Waals surface area (Å²) < 4.78 is 21.4. The van der Waals surface area contributed by atoms with E-state index in [-0.39, 0.29) is 11.4 Å². The van der Waals surface area contributed by atoms with Crippen molar-refractivity contribution in [1.29, 1.82) is 0 Å². The first-order valence-corrected chi connectivity index (χ1v) is 6.31. The highest BCUT2D eigenvalue weighted by atomic mass is 16.6. The fourth-order valence-electron chi connectivity index (χ4n) is 2.09. The van der Waals surface area contributed by atoms with E-state index in [2.05, 4.69) is 0 Å². The van der Waals surface area contributed by atoms with Gasteiger partial charge in [0, 0.05) is 5.41 Å². The van der Waals surface area contributed by atoms with Crippen LogP contribution in [0.3, 0.4) is 0 Å². The van der Waals surface area contributed by atoms with Crippen LogP contribution >= 0.6 is 0 Å². The smallest absolute Gasteiger partial charge is 0.342 e. The van der Waals surface area contributed by atoms with Crippen molar-refractivity contribution < 1.29 is 23.7 Å². The average molecular weight is 264 g/mol. The molecule has 1 aromatic rings. The van der Waals surface area contributed by atoms with E-state index in [0.717, 1.165) is 0 Å². The second-order valence-electron chi connectivity index (χ2n) is 5.21. The van der Waals surface area contributed by atoms with Crippen LogP contribution < -0.4 is 9.47 Å². The van der Waals surface area contributed by atoms with E-state index >= 15 is 0 Å². The molecule has 1 saturated heterocycles. The summed E-state index contributed by atoms with van der Waals surface area (Å²) in [6.45, 7) is 4.60. The number of esters is 1. The van der Waals surface area contributed by atoms with E-state index in [0.29, 0.717) is 50.1 Å². The van der Waals surface area contributed by atoms with E-state index in [4.69, 9.17) is 18.9 Å². The van der Waals surface area contributed by atoms with Crippen LogP contribution in [0.15, 0.2) is 18.2 Å². The van der Waals surface area contributed by atoms with Gasteiger partial charge >= 0.3 is 5.97 Å². The molecule has 0 aromatic heterocycles. The molecular formula is C14H16O5. The zero-order chi connectivity index (χ0) is 13.3. The first-order valence-electron chi connectivity index (χ1n) is 6.31. The van der Waals surface area contributed by atoms with Crippen LogP contribution in [0.25, 0.3) is 0 Å². The maximum atomic E-state index is 12.1. The second-order valence-corrected chi connectivity index (χ2v) is 5.21. The minimum absolute atomic E-state index is 0.0537. The summed E-state index contributed by atoms with van der Waals surface area (Å²) >= 11 is 0. The summed E-state index contributed by atoms with van der Waals surface area (Å²) in [5.41, 5.74) is 0.364. The molecule has 2 aliphatic rings. The van der Waals surface area contributed by atoms with Gasteiger partial charge in [0.05, 0.1) is 13.2 Å². The molecule has 5 heteroatoms. The molecule has 5 nitrogen and oxygen atoms in total. The quantitative estimate of drug-likeness (QED) is 0.777. The maximum absolute atomic E-state index is 12.1. The Balaban J connectivity index is 1.72. The lowest BCUT2D eigenvalue weighted by Gasteiger charge is -2.37. The fraction of sp³-hybridized carbons (Fsp3) is 0.500. The Morgan fingerprint density at radius 1 is 1.32 bits per heavy atom. The maximum Gasteiger partial charge on any atom is 0.342 e. The van der Waals surface area contributed by atoms with Gasteiger partial charge < -0.3 is 18.9 Å². The SMILES string of the molecule is CC1(COC(=O)c2cccc3c2OCCO3)COC1. The standard InChI is InChI=1S/C14H16O5/c1-14(7-16-8-14)9-19-13(15)10-3-2-4-11-12(10)18-6-5-17-11/h2-4H,5-9H2,1H3. The molecule has 0 aliphatic carbocycles. The Morgan fingerprint density at radius 3 is 2.84 bits per heavy atom. The highest BCUT2D eigenvalue weighted by molar-refractivity contribution is 5.93. The van der Waals surface area contributed by atoms with Crippen LogP contribution in [0, 0.1) is 5.41 Å². The number of carbonyl (C=O) groups excluding carboxylic acids is 1. The molecule has 0 N–H and O–H groups in total. The minimum atomic E-state index is -0.379. The predicted octanol–water partition coefficient (Wildman–Crippen LogP) is 1.65. The Hall–Kier alpha value is -1.75. The lowest BCUT2D eigenvalue weighted by molar-refractivity contribution is -0.127. The molecule has 1 aromatic carbocycles. The molecule has 0 spiro atoms. The summed E-state index contributed by atoms with van der Waals surface area (Å²) in [6.07, 6.45) is 0. The first-order chi connectivity index (χ1) is 9.18. The van der Waals surface area contributed by atoms with Crippen molar-refractivity contribution in [2.45, 2.75) is 6.92 Å². The molecule has 0 unspecified atom stereocenters. The van der Waals surface area contributed by atoms with Gasteiger partial charge in [0.25, 0.3) is 0 Å². The molecular weight excluding hydrogens is 248 g/mol. The Morgan fingerprint density at radius 2 is 2.11 bits per heavy atom. The number of benzene rings is 1. The zero-order valence-electron chi connectivity index (χ0n) is 10.8. The van der Waals surface area contributed by atoms with Crippen LogP contribution in [0.2, 0.25) is 0 Å². The Bertz CT molecular complexity index is 493. The van der Waals surface area contributed by atoms with Gasteiger partial charge in [-0.05, 0) is 12.1 Å². The zero-order valence-corrected chi connectivity index (χ0v) is 10.8. The van der Waals surface area contributed by atoms with Crippen molar-refractivity contribution in [3.8, 4) is 11.5 Å². The van der Waals surface area contributed by atoms with E-state index in [1.54, 1.807) is 18.2 Å². The number of para-hydroxylation sites is 1. The third-order valence-corrected chi connectivity index (χ3v) is 3.24. The summed E-state index contributed by atoms with van der Waals surface area (Å²) in [5, 5.41) is 0. The largest absolute Gasteiger partial charge is 0.486 e. The van der Waals surface area contributed by atoms with Crippen molar-refractivity contribution in [2.24, 2.45) is 5.41 Å². The van der Waals surface area contributed by atoms with Crippen molar-refractivity contribution >= 4 is 5.97 Å². The van der Waals surface area contributed by atoms with Crippen LogP contribution in [-0.2, 0) is 9.47 Å². The topological polar surface area (TPSA) is 54.0 Å². The first kappa shape index (κ1) is 12.3. The molecule has 102 valence electrons. The van der Waals surface area contributed by atoms with Gasteiger partial charge in [-0.2, -0.15) is 0 Å². The number of carbonyl (C=O) groups is 1. The third-order valence-electron chi connectivity index (χ3n) is 3.24. The van der Waals surface area contributed by atoms with Gasteiger partial charge in [0.2, 0.25) is 0 Å². The second kappa shape index (κ2) is 4.74. The average Bonchev–Trinajstić information content (AvgIpc) is 2.42. The predicted molar refractivity (Wildman–Crippen MR) is 66.6 cm³/mol. The van der Waals surface area contributed by atoms with Gasteiger partial charge in [-0.3, -0.25) is 0 Å². The van der Waals surface area contributed by atoms with E-state index < -0.39 is 0 Å². The lowest BCUT2D eigenvalue weighted by atomic mass is 9.90. The third kappa shape index (κ3) is 2.38. The molecule has 0 amide bonds. The number of rotatable bonds is 3. The van der Waals surface area contributed by atoms with Crippen molar-refractivity contribution in [3.63, 3.8) is 0 Å². The van der Waals surface area contributed by atoms with Crippen molar-refractivity contribution in [2.75, 3.05) is 33.0 Å². The fourth-order valence-corrected chi connectivity index (χ4v) is 2.09. The molecule has 0 bridgehead atoms. The molecule has 19 heavy (non-hydrogen) atoms. The number of fused-ring (bicyclic) bond motifs is 1. The molecule has 1 fully saturated rings. The van der Waals surface area contributed by atoms with Crippen LogP contribution in [-0.4, -0.2) is 39.0 Å². The Labute approximate surface area is 111 Å². The van der Waals surface area contributed by atoms with Crippen molar-refractivity contribution in [1.82, 2.24) is 0 Å². The minimum Gasteiger partial charge on any atom is -0.486 e. The Kier molecular flexibility index (Phi) is 3.06. The van der Waals surface area contributed by atoms with Gasteiger partial charge in [0.1, 0.15) is 25.4 Å². The normalized spacial score (nSPS) is 19.4. The summed E-state index contributed by atoms with van der Waals surface area (Å²) in [4.78, 5) is 12.1. The highest BCUT2D eigenvalue weighted by Gasteiger charge is 2.35. The molecule has 0 saturated carbocycles. The molecule has 2 heterocycles. The number of ether oxygens (including phenoxy) is 4. The molecule has 2 aliphatic heterocycles. The van der Waals surface area contributed by atoms with E-state index in [9.17, 15) is 4.79 Å². The molecule has 0 radical (unpaired) electrons. The molecule has 0 atom stereocenters. The number of hydrogen-bond acceptors (Lipinski definition) is 5. The lowest BCUT2D eigenvalue weighted by Crippen LogP contribution is -2.44. The van der Waals surface area contributed by atoms with Crippen LogP contribution in [0.5, 0.6) is 11.5 Å². The van der Waals surface area contributed by atoms with Gasteiger partial charge in [-0.1, -0.05) is 13.0 Å². The summed E-state index contributed by atoms with van der Waals surface area (Å²) in [5.74, 6) is 0.697.